The van der Waals surface area contributed by atoms with Gasteiger partial charge in [0, 0.05) is 17.1 Å². The number of nitrogens with zero attached hydrogens (tertiary/aromatic N) is 1. The molecule has 5 heteroatoms. The van der Waals surface area contributed by atoms with Gasteiger partial charge in [-0.05, 0) is 12.3 Å². The molecule has 0 unspecified atom stereocenters. The van der Waals surface area contributed by atoms with E-state index in [0.29, 0.717) is 5.92 Å². The first-order valence-electron chi connectivity index (χ1n) is 3.17. The Hall–Kier alpha value is -0.851. The SMILES string of the molecule is C[C@@H]1[CH]C=CC=C1.N#[O+].[C-]#[O+].[C-]#[O+].[Mn]. The van der Waals surface area contributed by atoms with Crippen LogP contribution in [0, 0.1) is 31.1 Å². The van der Waals surface area contributed by atoms with Gasteiger partial charge in [0.15, 0.2) is 0 Å². The molecule has 74 valence electrons. The predicted octanol–water partition coefficient (Wildman–Crippen LogP) is 1.77. The number of hydrogen-bond acceptors (Lipinski definition) is 1. The van der Waals surface area contributed by atoms with Gasteiger partial charge in [-0.3, -0.25) is 0 Å². The van der Waals surface area contributed by atoms with Gasteiger partial charge in [0.2, 0.25) is 0 Å². The van der Waals surface area contributed by atoms with Crippen LogP contribution in [0.4, 0.5) is 0 Å². The van der Waals surface area contributed by atoms with Crippen molar-refractivity contribution >= 4 is 0 Å². The summed E-state index contributed by atoms with van der Waals surface area (Å²) in [7, 11) is 0. The zero-order chi connectivity index (χ0) is 11.1. The summed E-state index contributed by atoms with van der Waals surface area (Å²) in [5, 5.41) is 0. The maximum Gasteiger partial charge on any atom is 0 e. The van der Waals surface area contributed by atoms with Crippen molar-refractivity contribution in [3.05, 3.63) is 44.0 Å². The first-order chi connectivity index (χ1) is 6.39. The van der Waals surface area contributed by atoms with Crippen molar-refractivity contribution in [3.63, 3.8) is 0 Å². The van der Waals surface area contributed by atoms with E-state index in [1.807, 2.05) is 6.08 Å². The molecule has 0 N–H and O–H groups in total. The maximum absolute atomic E-state index is 7.50. The third-order valence-corrected chi connectivity index (χ3v) is 1.05. The van der Waals surface area contributed by atoms with E-state index in [0.717, 1.165) is 0 Å². The number of allylic oxidation sites excluding steroid dienone is 4. The van der Waals surface area contributed by atoms with E-state index in [2.05, 4.69) is 44.9 Å². The molecule has 0 saturated carbocycles. The van der Waals surface area contributed by atoms with Crippen molar-refractivity contribution < 1.29 is 31.1 Å². The van der Waals surface area contributed by atoms with Gasteiger partial charge in [-0.25, -0.2) is 0 Å². The van der Waals surface area contributed by atoms with Gasteiger partial charge >= 0.3 is 32.8 Å². The van der Waals surface area contributed by atoms with Crippen LogP contribution >= 0.6 is 0 Å². The van der Waals surface area contributed by atoms with Gasteiger partial charge in [-0.2, -0.15) is 0 Å². The van der Waals surface area contributed by atoms with Crippen LogP contribution in [0.3, 0.4) is 0 Å². The smallest absolute Gasteiger partial charge is 0 e. The minimum atomic E-state index is 0. The molecule has 0 aromatic carbocycles. The molecule has 1 aliphatic rings. The second-order valence-electron chi connectivity index (χ2n) is 1.82. The van der Waals surface area contributed by atoms with Crippen LogP contribution in [-0.4, -0.2) is 0 Å². The molecule has 14 heavy (non-hydrogen) atoms. The quantitative estimate of drug-likeness (QED) is 0.357. The molecule has 1 aliphatic carbocycles. The van der Waals surface area contributed by atoms with Crippen molar-refractivity contribution in [1.29, 1.82) is 5.46 Å². The van der Waals surface area contributed by atoms with Crippen LogP contribution in [0.2, 0.25) is 0 Å². The van der Waals surface area contributed by atoms with Crippen LogP contribution in [0.1, 0.15) is 6.92 Å². The van der Waals surface area contributed by atoms with Crippen LogP contribution in [0.5, 0.6) is 0 Å². The third-order valence-electron chi connectivity index (χ3n) is 1.05. The summed E-state index contributed by atoms with van der Waals surface area (Å²) in [5.74, 6) is 0.644. The molecule has 1 atom stereocenters. The number of rotatable bonds is 0. The van der Waals surface area contributed by atoms with Gasteiger partial charge < -0.3 is 0 Å². The molecule has 1 rings (SSSR count). The summed E-state index contributed by atoms with van der Waals surface area (Å²) in [4.78, 5) is 0. The Labute approximate surface area is 93.9 Å². The van der Waals surface area contributed by atoms with Gasteiger partial charge in [-0.1, -0.05) is 31.2 Å². The summed E-state index contributed by atoms with van der Waals surface area (Å²) in [6, 6.07) is 0. The Morgan fingerprint density at radius 2 is 1.43 bits per heavy atom. The van der Waals surface area contributed by atoms with Crippen LogP contribution in [0.25, 0.3) is 0 Å². The van der Waals surface area contributed by atoms with Gasteiger partial charge in [-0.15, -0.1) is 0 Å². The zero-order valence-corrected chi connectivity index (χ0v) is 8.69. The second kappa shape index (κ2) is 29.5. The Bertz CT molecular complexity index is 192. The summed E-state index contributed by atoms with van der Waals surface area (Å²) in [6.45, 7) is 11.2. The van der Waals surface area contributed by atoms with E-state index in [1.54, 1.807) is 0 Å². The monoisotopic (exact) mass is 234 g/mol. The van der Waals surface area contributed by atoms with E-state index >= 15 is 0 Å². The van der Waals surface area contributed by atoms with Gasteiger partial charge in [0.25, 0.3) is 0 Å². The fourth-order valence-corrected chi connectivity index (χ4v) is 0.607. The fourth-order valence-electron chi connectivity index (χ4n) is 0.607. The summed E-state index contributed by atoms with van der Waals surface area (Å²) >= 11 is 0. The van der Waals surface area contributed by atoms with Gasteiger partial charge in [0.1, 0.15) is 0 Å². The molecule has 0 heterocycles. The summed E-state index contributed by atoms with van der Waals surface area (Å²) < 4.78 is 22.2. The summed E-state index contributed by atoms with van der Waals surface area (Å²) in [6.07, 6.45) is 10.5. The van der Waals surface area contributed by atoms with E-state index in [1.165, 1.54) is 0 Å². The first kappa shape index (κ1) is 23.2. The largest absolute Gasteiger partial charge is 0 e. The predicted molar refractivity (Wildman–Crippen MR) is 42.0 cm³/mol. The molecule has 0 amide bonds. The van der Waals surface area contributed by atoms with E-state index in [-0.39, 0.29) is 17.1 Å². The molecule has 0 saturated heterocycles. The normalized spacial score (nSPS) is 14.6. The average molecular weight is 234 g/mol. The van der Waals surface area contributed by atoms with Crippen LogP contribution in [-0.2, 0) is 31.1 Å². The molecule has 0 aromatic heterocycles. The molecule has 4 nitrogen and oxygen atoms in total. The molecule has 0 spiro atoms. The Morgan fingerprint density at radius 3 is 1.57 bits per heavy atom. The molecule has 0 fully saturated rings. The molecule has 2 radical (unpaired) electrons. The van der Waals surface area contributed by atoms with Gasteiger partial charge in [0.05, 0.1) is 0 Å². The van der Waals surface area contributed by atoms with E-state index in [4.69, 9.17) is 19.5 Å². The van der Waals surface area contributed by atoms with E-state index in [9.17, 15) is 0 Å². The fraction of sp³-hybridized carbons (Fsp3) is 0.222. The Kier molecular flexibility index (Phi) is 48.9. The Morgan fingerprint density at radius 1 is 1.00 bits per heavy atom. The van der Waals surface area contributed by atoms with Crippen LogP contribution < -0.4 is 0 Å². The molecule has 0 bridgehead atoms. The van der Waals surface area contributed by atoms with Crippen molar-refractivity contribution in [2.45, 2.75) is 6.92 Å². The van der Waals surface area contributed by atoms with Crippen LogP contribution in [0.15, 0.2) is 24.3 Å². The topological polar surface area (TPSA) is 83.5 Å². The average Bonchev–Trinajstić information content (AvgIpc) is 2.28. The Balaban J connectivity index is -0.0000000625. The molecule has 0 aromatic rings. The zero-order valence-electron chi connectivity index (χ0n) is 7.51. The van der Waals surface area contributed by atoms with E-state index < -0.39 is 0 Å². The second-order valence-corrected chi connectivity index (χ2v) is 1.82. The van der Waals surface area contributed by atoms with Crippen molar-refractivity contribution in [1.82, 2.24) is 0 Å². The van der Waals surface area contributed by atoms with Crippen molar-refractivity contribution in [2.75, 3.05) is 0 Å². The van der Waals surface area contributed by atoms with Crippen molar-refractivity contribution in [3.8, 4) is 0 Å². The molecule has 0 aliphatic heterocycles. The first-order valence-corrected chi connectivity index (χ1v) is 3.17. The maximum atomic E-state index is 7.50. The number of hydrogen-bond donors (Lipinski definition) is 0. The standard InChI is InChI=1S/C7H9.2CO.Mn.NO/c1-7-5-3-2-4-6-7;2*1-2;;1-2/h2-7H,1H3;;;;/q;;;;+1. The minimum absolute atomic E-state index is 0. The van der Waals surface area contributed by atoms with Crippen molar-refractivity contribution in [2.24, 2.45) is 5.92 Å². The minimum Gasteiger partial charge on any atom is 0 e. The molecular weight excluding hydrogens is 225 g/mol. The molecular formula is C9H9MnNO3+. The third kappa shape index (κ3) is 22.5. The summed E-state index contributed by atoms with van der Waals surface area (Å²) in [5.41, 5.74) is 5.75.